The number of benzene rings is 1. The molecular weight excluding hydrogens is 236 g/mol. The van der Waals surface area contributed by atoms with Gasteiger partial charge in [0.15, 0.2) is 0 Å². The summed E-state index contributed by atoms with van der Waals surface area (Å²) in [5.41, 5.74) is 0.789. The Balaban J connectivity index is 2.31. The zero-order valence-corrected chi connectivity index (χ0v) is 10.1. The van der Waals surface area contributed by atoms with E-state index >= 15 is 0 Å². The molecule has 0 aliphatic heterocycles. The van der Waals surface area contributed by atoms with Gasteiger partial charge in [-0.2, -0.15) is 0 Å². The van der Waals surface area contributed by atoms with Crippen LogP contribution in [0.1, 0.15) is 12.7 Å². The Bertz CT molecular complexity index is 584. The van der Waals surface area contributed by atoms with Crippen LogP contribution in [0.5, 0.6) is 5.88 Å². The highest BCUT2D eigenvalue weighted by Gasteiger charge is 2.09. The Morgan fingerprint density at radius 3 is 2.71 bits per heavy atom. The van der Waals surface area contributed by atoms with Crippen molar-refractivity contribution in [1.82, 2.24) is 4.57 Å². The average Bonchev–Trinajstić information content (AvgIpc) is 2.63. The van der Waals surface area contributed by atoms with Gasteiger partial charge < -0.3 is 9.52 Å². The van der Waals surface area contributed by atoms with Crippen LogP contribution in [0, 0.1) is 4.84 Å². The molecule has 5 heteroatoms. The molecule has 1 aromatic carbocycles. The second-order valence-corrected chi connectivity index (χ2v) is 3.74. The van der Waals surface area contributed by atoms with Crippen molar-refractivity contribution >= 4 is 24.1 Å². The molecule has 0 spiro atoms. The van der Waals surface area contributed by atoms with Gasteiger partial charge in [0.25, 0.3) is 4.84 Å². The first kappa shape index (κ1) is 11.6. The minimum atomic E-state index is 0.0113. The zero-order chi connectivity index (χ0) is 12.3. The molecule has 17 heavy (non-hydrogen) atoms. The molecule has 0 amide bonds. The van der Waals surface area contributed by atoms with Crippen LogP contribution < -0.4 is 0 Å². The molecule has 0 radical (unpaired) electrons. The Hall–Kier alpha value is -1.88. The van der Waals surface area contributed by atoms with Crippen molar-refractivity contribution in [2.45, 2.75) is 13.5 Å². The third-order valence-electron chi connectivity index (χ3n) is 2.30. The molecule has 0 unspecified atom stereocenters. The van der Waals surface area contributed by atoms with Gasteiger partial charge in [0.2, 0.25) is 11.6 Å². The Labute approximate surface area is 104 Å². The SMILES string of the molecule is CCn1c(O)c(C=Nc2ccccc2)oc1=S. The lowest BCUT2D eigenvalue weighted by molar-refractivity contribution is 0.419. The molecule has 0 saturated carbocycles. The van der Waals surface area contributed by atoms with Crippen LogP contribution in [0.3, 0.4) is 0 Å². The molecule has 1 heterocycles. The number of para-hydroxylation sites is 1. The van der Waals surface area contributed by atoms with Crippen molar-refractivity contribution in [2.24, 2.45) is 4.99 Å². The molecular formula is C12H12N2O2S. The fraction of sp³-hybridized carbons (Fsp3) is 0.167. The first-order valence-electron chi connectivity index (χ1n) is 5.24. The van der Waals surface area contributed by atoms with E-state index in [1.165, 1.54) is 10.8 Å². The van der Waals surface area contributed by atoms with Crippen molar-refractivity contribution in [2.75, 3.05) is 0 Å². The highest BCUT2D eigenvalue weighted by atomic mass is 32.1. The van der Waals surface area contributed by atoms with Gasteiger partial charge in [-0.15, -0.1) is 0 Å². The zero-order valence-electron chi connectivity index (χ0n) is 9.33. The molecule has 0 bridgehead atoms. The van der Waals surface area contributed by atoms with Crippen LogP contribution in [0.25, 0.3) is 0 Å². The van der Waals surface area contributed by atoms with E-state index < -0.39 is 0 Å². The topological polar surface area (TPSA) is 50.7 Å². The van der Waals surface area contributed by atoms with Gasteiger partial charge in [0.1, 0.15) is 0 Å². The van der Waals surface area contributed by atoms with E-state index in [1.807, 2.05) is 37.3 Å². The molecule has 0 fully saturated rings. The summed E-state index contributed by atoms with van der Waals surface area (Å²) in [5.74, 6) is 0.290. The molecule has 1 aromatic heterocycles. The van der Waals surface area contributed by atoms with Gasteiger partial charge in [-0.1, -0.05) is 18.2 Å². The van der Waals surface area contributed by atoms with Gasteiger partial charge in [-0.05, 0) is 31.3 Å². The maximum atomic E-state index is 9.80. The van der Waals surface area contributed by atoms with Crippen molar-refractivity contribution in [3.63, 3.8) is 0 Å². The predicted molar refractivity (Wildman–Crippen MR) is 68.6 cm³/mol. The van der Waals surface area contributed by atoms with Gasteiger partial charge >= 0.3 is 0 Å². The Morgan fingerprint density at radius 1 is 1.41 bits per heavy atom. The maximum Gasteiger partial charge on any atom is 0.272 e. The predicted octanol–water partition coefficient (Wildman–Crippen LogP) is 3.29. The third kappa shape index (κ3) is 2.45. The number of nitrogens with zero attached hydrogens (tertiary/aromatic N) is 2. The number of oxazole rings is 1. The highest BCUT2D eigenvalue weighted by Crippen LogP contribution is 2.19. The van der Waals surface area contributed by atoms with Gasteiger partial charge in [-0.25, -0.2) is 0 Å². The molecule has 1 N–H and O–H groups in total. The molecule has 0 atom stereocenters. The lowest BCUT2D eigenvalue weighted by Gasteiger charge is -1.95. The second kappa shape index (κ2) is 4.97. The van der Waals surface area contributed by atoms with Crippen LogP contribution in [-0.4, -0.2) is 15.9 Å². The van der Waals surface area contributed by atoms with E-state index in [-0.39, 0.29) is 16.5 Å². The molecule has 0 aliphatic carbocycles. The van der Waals surface area contributed by atoms with E-state index in [0.717, 1.165) is 5.69 Å². The van der Waals surface area contributed by atoms with E-state index in [4.69, 9.17) is 16.6 Å². The van der Waals surface area contributed by atoms with Crippen LogP contribution in [0.15, 0.2) is 39.7 Å². The molecule has 0 saturated heterocycles. The summed E-state index contributed by atoms with van der Waals surface area (Å²) in [7, 11) is 0. The number of aromatic hydroxyl groups is 1. The number of hydrogen-bond donors (Lipinski definition) is 1. The quantitative estimate of drug-likeness (QED) is 0.670. The first-order valence-corrected chi connectivity index (χ1v) is 5.65. The van der Waals surface area contributed by atoms with Crippen LogP contribution in [-0.2, 0) is 6.54 Å². The molecule has 2 aromatic rings. The summed E-state index contributed by atoms with van der Waals surface area (Å²) in [6.45, 7) is 2.44. The Kier molecular flexibility index (Phi) is 3.39. The average molecular weight is 248 g/mol. The van der Waals surface area contributed by atoms with Crippen LogP contribution in [0.2, 0.25) is 0 Å². The summed E-state index contributed by atoms with van der Waals surface area (Å²) in [5, 5.41) is 9.80. The fourth-order valence-electron chi connectivity index (χ4n) is 1.42. The van der Waals surface area contributed by atoms with Gasteiger partial charge in [-0.3, -0.25) is 9.56 Å². The van der Waals surface area contributed by atoms with Crippen LogP contribution in [0.4, 0.5) is 5.69 Å². The van der Waals surface area contributed by atoms with Gasteiger partial charge in [0, 0.05) is 6.54 Å². The minimum absolute atomic E-state index is 0.0113. The molecule has 88 valence electrons. The minimum Gasteiger partial charge on any atom is -0.492 e. The number of aromatic nitrogens is 1. The smallest absolute Gasteiger partial charge is 0.272 e. The summed E-state index contributed by atoms with van der Waals surface area (Å²) in [4.78, 5) is 4.44. The number of hydrogen-bond acceptors (Lipinski definition) is 4. The number of aliphatic imine (C=N–C) groups is 1. The fourth-order valence-corrected chi connectivity index (χ4v) is 1.73. The Morgan fingerprint density at radius 2 is 2.12 bits per heavy atom. The van der Waals surface area contributed by atoms with Gasteiger partial charge in [0.05, 0.1) is 11.9 Å². The maximum absolute atomic E-state index is 9.80. The summed E-state index contributed by atoms with van der Waals surface area (Å²) in [6.07, 6.45) is 1.46. The standard InChI is InChI=1S/C12H12N2O2S/c1-2-14-11(15)10(16-12(14)17)8-13-9-6-4-3-5-7-9/h3-8,15H,2H2,1H3. The van der Waals surface area contributed by atoms with Crippen molar-refractivity contribution in [3.05, 3.63) is 40.9 Å². The largest absolute Gasteiger partial charge is 0.492 e. The number of rotatable bonds is 3. The van der Waals surface area contributed by atoms with E-state index in [1.54, 1.807) is 0 Å². The van der Waals surface area contributed by atoms with E-state index in [9.17, 15) is 5.11 Å². The summed E-state index contributed by atoms with van der Waals surface area (Å²) in [6, 6.07) is 9.41. The summed E-state index contributed by atoms with van der Waals surface area (Å²) >= 11 is 4.97. The van der Waals surface area contributed by atoms with Crippen molar-refractivity contribution < 1.29 is 9.52 Å². The van der Waals surface area contributed by atoms with Crippen molar-refractivity contribution in [1.29, 1.82) is 0 Å². The van der Waals surface area contributed by atoms with Crippen molar-refractivity contribution in [3.8, 4) is 5.88 Å². The molecule has 2 rings (SSSR count). The lowest BCUT2D eigenvalue weighted by Crippen LogP contribution is -1.92. The van der Waals surface area contributed by atoms with Crippen LogP contribution >= 0.6 is 12.2 Å². The van der Waals surface area contributed by atoms with E-state index in [0.29, 0.717) is 6.54 Å². The summed E-state index contributed by atoms with van der Waals surface area (Å²) < 4.78 is 6.74. The first-order chi connectivity index (χ1) is 8.22. The highest BCUT2D eigenvalue weighted by molar-refractivity contribution is 7.71. The molecule has 4 nitrogen and oxygen atoms in total. The van der Waals surface area contributed by atoms with E-state index in [2.05, 4.69) is 4.99 Å². The normalized spacial score (nSPS) is 11.1. The monoisotopic (exact) mass is 248 g/mol. The molecule has 0 aliphatic rings. The lowest BCUT2D eigenvalue weighted by atomic mass is 10.3. The third-order valence-corrected chi connectivity index (χ3v) is 2.60. The second-order valence-electron chi connectivity index (χ2n) is 3.39.